The Labute approximate surface area is 634 Å². The zero-order valence-corrected chi connectivity index (χ0v) is 62.9. The number of H-pyrrole nitrogens is 3. The number of fused-ring (bicyclic) bond motifs is 9. The fraction of sp³-hybridized carbons (Fsp3) is 0.429. The van der Waals surface area contributed by atoms with E-state index < -0.39 is 203 Å². The lowest BCUT2D eigenvalue weighted by molar-refractivity contribution is -0.144. The Morgan fingerprint density at radius 2 is 0.595 bits per heavy atom. The molecule has 7 heterocycles. The number of rotatable bonds is 18. The van der Waals surface area contributed by atoms with Crippen LogP contribution in [-0.2, 0) is 28.6 Å². The zero-order valence-electron chi connectivity index (χ0n) is 62.9. The second-order valence-electron chi connectivity index (χ2n) is 31.9. The molecule has 3 atom stereocenters. The fourth-order valence-corrected chi connectivity index (χ4v) is 17.3. The number of esters is 3. The molecule has 15 nitrogen and oxygen atoms in total. The minimum absolute atomic E-state index is 0.00527. The highest BCUT2D eigenvalue weighted by Crippen LogP contribution is 2.51. The van der Waals surface area contributed by atoms with Gasteiger partial charge in [-0.25, -0.2) is 52.7 Å². The van der Waals surface area contributed by atoms with Crippen molar-refractivity contribution < 1.29 is 81.3 Å². The molecule has 6 aromatic rings. The van der Waals surface area contributed by atoms with E-state index in [-0.39, 0.29) is 74.8 Å². The van der Waals surface area contributed by atoms with Crippen LogP contribution in [0.3, 0.4) is 0 Å². The van der Waals surface area contributed by atoms with Crippen molar-refractivity contribution in [3.63, 3.8) is 0 Å². The second kappa shape index (κ2) is 31.6. The molecule has 0 amide bonds. The first kappa shape index (κ1) is 79.0. The molecule has 6 N–H and O–H groups in total. The average Bonchev–Trinajstić information content (AvgIpc) is 1.74. The Balaban J connectivity index is 1.12. The number of aromatic amines is 3. The SMILES string of the molecule is COC(=O)CC(C)(C)[C@H]1C2=N/C(=C(/c3c(F)c(F)c(NC4CCCCC4)c(F)c3F)c3ccc([nH]3)[C@@H](C(C)(C)CC(=O)OC)c3ccc([nH]3)/C(c3c(F)c(F)c(NC4CCCCC4)c(F)c3F)=C3/C=CC(=N3)[C@@H](C(C)(C)CC(=O)OC)c3ccc([nH]3)/C(c3c(F)c(F)c(NC4CCCCC4)c(F)c3F)=C3/C=CC1=N3)C=C2. The van der Waals surface area contributed by atoms with Crippen molar-refractivity contribution in [1.82, 2.24) is 15.0 Å². The van der Waals surface area contributed by atoms with Gasteiger partial charge in [0.2, 0.25) is 0 Å². The van der Waals surface area contributed by atoms with Gasteiger partial charge in [-0.1, -0.05) is 99.3 Å². The number of aliphatic imine (C=N–C) groups is 3. The first-order chi connectivity index (χ1) is 52.9. The topological polar surface area (TPSA) is 199 Å². The van der Waals surface area contributed by atoms with Crippen LogP contribution in [-0.4, -0.2) is 89.4 Å². The lowest BCUT2D eigenvalue weighted by Gasteiger charge is -2.33. The van der Waals surface area contributed by atoms with Gasteiger partial charge in [0.1, 0.15) is 17.1 Å². The number of benzene rings is 3. The molecule has 0 spiro atoms. The van der Waals surface area contributed by atoms with Crippen LogP contribution in [0.1, 0.15) is 220 Å². The van der Waals surface area contributed by atoms with Gasteiger partial charge in [0.15, 0.2) is 69.8 Å². The van der Waals surface area contributed by atoms with Crippen LogP contribution in [0.25, 0.3) is 16.7 Å². The van der Waals surface area contributed by atoms with Crippen molar-refractivity contribution in [1.29, 1.82) is 0 Å². The molecule has 3 fully saturated rings. The quantitative estimate of drug-likeness (QED) is 0.0210. The number of hydrogen-bond donors (Lipinski definition) is 6. The predicted octanol–water partition coefficient (Wildman–Crippen LogP) is 20.2. The van der Waals surface area contributed by atoms with Crippen LogP contribution in [0.2, 0.25) is 0 Å². The Hall–Kier alpha value is -10.1. The van der Waals surface area contributed by atoms with Crippen LogP contribution >= 0.6 is 0 Å². The van der Waals surface area contributed by atoms with E-state index in [1.807, 2.05) is 0 Å². The Morgan fingerprint density at radius 3 is 0.865 bits per heavy atom. The van der Waals surface area contributed by atoms with Crippen LogP contribution in [0, 0.1) is 92.0 Å². The second-order valence-corrected chi connectivity index (χ2v) is 31.9. The lowest BCUT2D eigenvalue weighted by Crippen LogP contribution is -2.37. The van der Waals surface area contributed by atoms with E-state index in [4.69, 9.17) is 29.2 Å². The highest BCUT2D eigenvalue weighted by atomic mass is 19.2. The molecule has 588 valence electrons. The molecule has 3 aromatic carbocycles. The maximum Gasteiger partial charge on any atom is 0.306 e. The van der Waals surface area contributed by atoms with E-state index in [9.17, 15) is 14.4 Å². The molecular formula is C84H87F12N9O6. The van der Waals surface area contributed by atoms with Gasteiger partial charge in [-0.3, -0.25) is 29.4 Å². The van der Waals surface area contributed by atoms with Crippen molar-refractivity contribution in [2.24, 2.45) is 37.1 Å². The zero-order chi connectivity index (χ0) is 79.4. The largest absolute Gasteiger partial charge is 0.469 e. The summed E-state index contributed by atoms with van der Waals surface area (Å²) in [6, 6.07) is 6.64. The molecule has 27 heteroatoms. The number of nitrogens with one attached hydrogen (secondary N) is 6. The number of anilines is 3. The molecular weight excluding hydrogens is 1460 g/mol. The summed E-state index contributed by atoms with van der Waals surface area (Å²) in [7, 11) is 3.45. The number of ether oxygens (including phenoxy) is 3. The summed E-state index contributed by atoms with van der Waals surface area (Å²) in [6.07, 6.45) is 16.0. The predicted molar refractivity (Wildman–Crippen MR) is 400 cm³/mol. The maximum absolute atomic E-state index is 17.8. The molecule has 3 aliphatic carbocycles. The summed E-state index contributed by atoms with van der Waals surface area (Å²) in [5.74, 6) is -27.7. The maximum atomic E-state index is 17.8. The number of allylic oxidation sites excluding steroid dienone is 6. The van der Waals surface area contributed by atoms with Gasteiger partial charge in [-0.2, -0.15) is 0 Å². The summed E-state index contributed by atoms with van der Waals surface area (Å²) < 4.78 is 225. The standard InChI is InChI=1S/C84H87F12N9O6/c1-82(2,37-55(106)109-7)64-49-31-25-43(100-49)58(61-67(85)73(91)79(74(92)68(61)86)97-40-19-13-10-14-20-40)45-27-33-51(102-45)65(83(3,4)38-56(107)110-8)53-35-29-47(104-53)60(63-71(89)77(95)81(78(96)72(63)90)99-42-23-17-12-18-24-42)48-30-36-54(105-48)66(84(5,6)39-57(108)111-9)52-34-28-46(103-52)59(44-26-32-50(64)101-44)62-69(87)75(93)80(76(94)70(62)88)98-41-21-15-11-16-22-41/h25-36,40-42,64-66,97-101,104H,10-24,37-39H2,1-9H3/b58-45+,59-46+,60-48+/t64-,65+,66-/m0/s1. The molecule has 7 aliphatic rings. The molecule has 0 radical (unpaired) electrons. The molecule has 4 aliphatic heterocycles. The van der Waals surface area contributed by atoms with Crippen molar-refractivity contribution in [3.05, 3.63) is 211 Å². The van der Waals surface area contributed by atoms with Crippen LogP contribution in [0.15, 0.2) is 105 Å². The number of carbonyl (C=O) groups is 3. The summed E-state index contributed by atoms with van der Waals surface area (Å²) >= 11 is 0. The van der Waals surface area contributed by atoms with Gasteiger partial charge in [0.25, 0.3) is 0 Å². The third-order valence-electron chi connectivity index (χ3n) is 22.7. The van der Waals surface area contributed by atoms with Gasteiger partial charge >= 0.3 is 17.9 Å². The van der Waals surface area contributed by atoms with Crippen molar-refractivity contribution >= 4 is 68.8 Å². The van der Waals surface area contributed by atoms with Gasteiger partial charge in [0.05, 0.1) is 91.5 Å². The van der Waals surface area contributed by atoms with E-state index >= 15 is 52.7 Å². The summed E-state index contributed by atoms with van der Waals surface area (Å²) in [5, 5.41) is 8.08. The molecule has 3 aromatic heterocycles. The van der Waals surface area contributed by atoms with Crippen molar-refractivity contribution in [2.75, 3.05) is 37.3 Å². The van der Waals surface area contributed by atoms with Crippen LogP contribution in [0.4, 0.5) is 69.7 Å². The number of hydrogen-bond acceptors (Lipinski definition) is 12. The number of aromatic nitrogens is 3. The van der Waals surface area contributed by atoms with Crippen LogP contribution in [0.5, 0.6) is 0 Å². The van der Waals surface area contributed by atoms with Gasteiger partial charge in [-0.05, 0) is 128 Å². The van der Waals surface area contributed by atoms with Gasteiger partial charge in [0, 0.05) is 86.8 Å². The lowest BCUT2D eigenvalue weighted by atomic mass is 9.71. The Kier molecular flexibility index (Phi) is 22.5. The third-order valence-corrected chi connectivity index (χ3v) is 22.7. The van der Waals surface area contributed by atoms with E-state index in [1.54, 1.807) is 41.5 Å². The van der Waals surface area contributed by atoms with Crippen LogP contribution < -0.4 is 16.0 Å². The molecule has 111 heavy (non-hydrogen) atoms. The Morgan fingerprint density at radius 1 is 0.351 bits per heavy atom. The van der Waals surface area contributed by atoms with E-state index in [1.165, 1.54) is 72.9 Å². The summed E-state index contributed by atoms with van der Waals surface area (Å²) in [4.78, 5) is 65.5. The fourth-order valence-electron chi connectivity index (χ4n) is 17.3. The highest BCUT2D eigenvalue weighted by Gasteiger charge is 2.45. The van der Waals surface area contributed by atoms with E-state index in [0.29, 0.717) is 77.0 Å². The molecule has 0 saturated heterocycles. The monoisotopic (exact) mass is 1550 g/mol. The van der Waals surface area contributed by atoms with Crippen molar-refractivity contribution in [3.8, 4) is 0 Å². The molecule has 0 unspecified atom stereocenters. The van der Waals surface area contributed by atoms with E-state index in [2.05, 4.69) is 30.9 Å². The summed E-state index contributed by atoms with van der Waals surface area (Å²) in [5.41, 5.74) is -14.4. The number of halogens is 12. The molecule has 13 rings (SSSR count). The minimum Gasteiger partial charge on any atom is -0.469 e. The molecule has 12 bridgehead atoms. The van der Waals surface area contributed by atoms with Crippen molar-refractivity contribution in [2.45, 2.75) is 187 Å². The minimum atomic E-state index is -1.86. The van der Waals surface area contributed by atoms with Gasteiger partial charge < -0.3 is 45.1 Å². The average molecular weight is 1550 g/mol. The highest BCUT2D eigenvalue weighted by molar-refractivity contribution is 6.20. The molecule has 3 saturated carbocycles. The smallest absolute Gasteiger partial charge is 0.306 e. The normalized spacial score (nSPS) is 21.5. The van der Waals surface area contributed by atoms with Gasteiger partial charge in [-0.15, -0.1) is 0 Å². The number of methoxy groups -OCH3 is 3. The number of carbonyl (C=O) groups excluding carboxylic acids is 3. The third kappa shape index (κ3) is 15.2. The summed E-state index contributed by atoms with van der Waals surface area (Å²) in [6.45, 7) is 9.82. The Bertz CT molecular complexity index is 4940. The first-order valence-electron chi connectivity index (χ1n) is 37.6. The number of nitrogens with zero attached hydrogens (tertiary/aromatic N) is 3. The van der Waals surface area contributed by atoms with E-state index in [0.717, 1.165) is 40.6 Å². The first-order valence-corrected chi connectivity index (χ1v) is 37.6.